The van der Waals surface area contributed by atoms with E-state index in [-0.39, 0.29) is 0 Å². The van der Waals surface area contributed by atoms with Gasteiger partial charge in [0.25, 0.3) is 0 Å². The lowest BCUT2D eigenvalue weighted by Crippen LogP contribution is -2.27. The van der Waals surface area contributed by atoms with Crippen molar-refractivity contribution in [3.8, 4) is 0 Å². The lowest BCUT2D eigenvalue weighted by molar-refractivity contribution is 0.172. The van der Waals surface area contributed by atoms with E-state index in [9.17, 15) is 0 Å². The summed E-state index contributed by atoms with van der Waals surface area (Å²) < 4.78 is 0. The van der Waals surface area contributed by atoms with Crippen LogP contribution in [-0.4, -0.2) is 0 Å². The van der Waals surface area contributed by atoms with Gasteiger partial charge in [-0.1, -0.05) is 32.4 Å². The van der Waals surface area contributed by atoms with Gasteiger partial charge >= 0.3 is 0 Å². The molecular weight excluding hydrogens is 156 g/mol. The minimum Gasteiger partial charge on any atom is -0.0822 e. The maximum absolute atomic E-state index is 2.49. The normalized spacial score (nSPS) is 40.1. The van der Waals surface area contributed by atoms with Gasteiger partial charge in [-0.25, -0.2) is 0 Å². The Morgan fingerprint density at radius 3 is 1.85 bits per heavy atom. The molecular formula is C13H24. The molecule has 76 valence electrons. The van der Waals surface area contributed by atoms with Gasteiger partial charge in [0.05, 0.1) is 0 Å². The lowest BCUT2D eigenvalue weighted by Gasteiger charge is -2.36. The average Bonchev–Trinajstić information content (AvgIpc) is 1.96. The highest BCUT2D eigenvalue weighted by atomic mass is 14.3. The monoisotopic (exact) mass is 180 g/mol. The van der Waals surface area contributed by atoms with E-state index in [0.717, 1.165) is 23.7 Å². The molecule has 0 spiro atoms. The predicted octanol–water partition coefficient (Wildman–Crippen LogP) is 4.27. The Kier molecular flexibility index (Phi) is 3.58. The summed E-state index contributed by atoms with van der Waals surface area (Å²) in [5.41, 5.74) is 1.48. The van der Waals surface area contributed by atoms with Crippen LogP contribution in [-0.2, 0) is 0 Å². The highest BCUT2D eigenvalue weighted by Crippen LogP contribution is 2.38. The van der Waals surface area contributed by atoms with Crippen molar-refractivity contribution in [1.82, 2.24) is 0 Å². The smallest absolute Gasteiger partial charge is 0.0179 e. The van der Waals surface area contributed by atoms with Crippen LogP contribution in [0.5, 0.6) is 0 Å². The van der Waals surface area contributed by atoms with Crippen LogP contribution in [0, 0.1) is 23.7 Å². The van der Waals surface area contributed by atoms with Crippen LogP contribution in [0.3, 0.4) is 0 Å². The van der Waals surface area contributed by atoms with Crippen LogP contribution in [0.2, 0.25) is 0 Å². The topological polar surface area (TPSA) is 0 Å². The van der Waals surface area contributed by atoms with Crippen molar-refractivity contribution in [1.29, 1.82) is 0 Å². The highest BCUT2D eigenvalue weighted by molar-refractivity contribution is 5.02. The van der Waals surface area contributed by atoms with E-state index in [1.165, 1.54) is 18.4 Å². The van der Waals surface area contributed by atoms with E-state index >= 15 is 0 Å². The second kappa shape index (κ2) is 4.30. The molecule has 0 nitrogen and oxygen atoms in total. The van der Waals surface area contributed by atoms with Gasteiger partial charge in [-0.05, 0) is 50.4 Å². The van der Waals surface area contributed by atoms with E-state index in [1.807, 2.05) is 0 Å². The molecule has 1 fully saturated rings. The highest BCUT2D eigenvalue weighted by Gasteiger charge is 2.29. The van der Waals surface area contributed by atoms with E-state index in [2.05, 4.69) is 40.7 Å². The van der Waals surface area contributed by atoms with Gasteiger partial charge in [0.2, 0.25) is 0 Å². The summed E-state index contributed by atoms with van der Waals surface area (Å²) in [7, 11) is 0. The number of allylic oxidation sites excluding steroid dienone is 2. The Morgan fingerprint density at radius 1 is 1.00 bits per heavy atom. The fourth-order valence-electron chi connectivity index (χ4n) is 2.95. The van der Waals surface area contributed by atoms with Gasteiger partial charge in [-0.3, -0.25) is 0 Å². The first-order valence-electron chi connectivity index (χ1n) is 5.65. The minimum atomic E-state index is 0.834. The van der Waals surface area contributed by atoms with E-state index < -0.39 is 0 Å². The summed E-state index contributed by atoms with van der Waals surface area (Å²) in [5, 5.41) is 0. The number of hydrogen-bond acceptors (Lipinski definition) is 0. The Balaban J connectivity index is 2.67. The summed E-state index contributed by atoms with van der Waals surface area (Å²) in [5.74, 6) is 3.54. The summed E-state index contributed by atoms with van der Waals surface area (Å²) in [6, 6.07) is 0. The molecule has 2 unspecified atom stereocenters. The zero-order valence-corrected chi connectivity index (χ0v) is 9.80. The van der Waals surface area contributed by atoms with Crippen molar-refractivity contribution in [2.75, 3.05) is 0 Å². The van der Waals surface area contributed by atoms with Crippen LogP contribution >= 0.6 is 0 Å². The first-order valence-corrected chi connectivity index (χ1v) is 5.65. The molecule has 0 amide bonds. The van der Waals surface area contributed by atoms with Gasteiger partial charge in [-0.15, -0.1) is 0 Å². The second-order valence-corrected chi connectivity index (χ2v) is 5.35. The number of hydrogen-bond donors (Lipinski definition) is 0. The van der Waals surface area contributed by atoms with Crippen molar-refractivity contribution in [2.45, 2.75) is 47.5 Å². The molecule has 0 N–H and O–H groups in total. The zero-order chi connectivity index (χ0) is 10.0. The van der Waals surface area contributed by atoms with E-state index in [1.54, 1.807) is 0 Å². The van der Waals surface area contributed by atoms with Crippen LogP contribution in [0.25, 0.3) is 0 Å². The van der Waals surface area contributed by atoms with E-state index in [0.29, 0.717) is 0 Å². The zero-order valence-electron chi connectivity index (χ0n) is 9.80. The van der Waals surface area contributed by atoms with Gasteiger partial charge in [0.1, 0.15) is 0 Å². The maximum atomic E-state index is 2.49. The second-order valence-electron chi connectivity index (χ2n) is 5.35. The van der Waals surface area contributed by atoms with Gasteiger partial charge in [0, 0.05) is 0 Å². The van der Waals surface area contributed by atoms with Crippen molar-refractivity contribution >= 4 is 0 Å². The first kappa shape index (κ1) is 10.8. The molecule has 0 radical (unpaired) electrons. The van der Waals surface area contributed by atoms with Crippen molar-refractivity contribution < 1.29 is 0 Å². The standard InChI is InChI=1S/C13H24/c1-9(2)6-13-11(4)7-10(3)8-12(13)5/h6,10-13H,7-8H2,1-5H3. The fraction of sp³-hybridized carbons (Fsp3) is 0.846. The molecule has 0 saturated heterocycles. The fourth-order valence-corrected chi connectivity index (χ4v) is 2.95. The third kappa shape index (κ3) is 2.86. The van der Waals surface area contributed by atoms with E-state index in [4.69, 9.17) is 0 Å². The average molecular weight is 180 g/mol. The Bertz CT molecular complexity index is 174. The first-order chi connectivity index (χ1) is 6.00. The molecule has 1 aliphatic rings. The molecule has 0 aliphatic heterocycles. The molecule has 13 heavy (non-hydrogen) atoms. The minimum absolute atomic E-state index is 0.834. The molecule has 1 saturated carbocycles. The van der Waals surface area contributed by atoms with Crippen molar-refractivity contribution in [3.63, 3.8) is 0 Å². The van der Waals surface area contributed by atoms with Crippen LogP contribution in [0.4, 0.5) is 0 Å². The Labute approximate surface area is 83.4 Å². The van der Waals surface area contributed by atoms with Crippen LogP contribution in [0.1, 0.15) is 47.5 Å². The molecule has 0 aromatic rings. The van der Waals surface area contributed by atoms with Crippen LogP contribution < -0.4 is 0 Å². The SMILES string of the molecule is CC(C)=CC1C(C)CC(C)CC1C. The molecule has 1 rings (SSSR count). The molecule has 1 aliphatic carbocycles. The molecule has 0 aromatic carbocycles. The molecule has 2 atom stereocenters. The summed E-state index contributed by atoms with van der Waals surface area (Å²) in [4.78, 5) is 0. The quantitative estimate of drug-likeness (QED) is 0.529. The summed E-state index contributed by atoms with van der Waals surface area (Å²) in [6.45, 7) is 11.7. The van der Waals surface area contributed by atoms with Crippen LogP contribution in [0.15, 0.2) is 11.6 Å². The van der Waals surface area contributed by atoms with Crippen molar-refractivity contribution in [3.05, 3.63) is 11.6 Å². The van der Waals surface area contributed by atoms with Gasteiger partial charge in [-0.2, -0.15) is 0 Å². The summed E-state index contributed by atoms with van der Waals surface area (Å²) >= 11 is 0. The molecule has 0 aromatic heterocycles. The van der Waals surface area contributed by atoms with Crippen molar-refractivity contribution in [2.24, 2.45) is 23.7 Å². The van der Waals surface area contributed by atoms with Gasteiger partial charge < -0.3 is 0 Å². The Hall–Kier alpha value is -0.260. The van der Waals surface area contributed by atoms with Gasteiger partial charge in [0.15, 0.2) is 0 Å². The number of rotatable bonds is 1. The molecule has 0 heteroatoms. The molecule has 0 bridgehead atoms. The third-order valence-electron chi connectivity index (χ3n) is 3.39. The molecule has 0 heterocycles. The third-order valence-corrected chi connectivity index (χ3v) is 3.39. The largest absolute Gasteiger partial charge is 0.0822 e. The predicted molar refractivity (Wildman–Crippen MR) is 59.6 cm³/mol. The summed E-state index contributed by atoms with van der Waals surface area (Å²) in [6.07, 6.45) is 5.32. The Morgan fingerprint density at radius 2 is 1.46 bits per heavy atom. The maximum Gasteiger partial charge on any atom is -0.0179 e. The lowest BCUT2D eigenvalue weighted by atomic mass is 9.69.